The first-order chi connectivity index (χ1) is 8.67. The third kappa shape index (κ3) is 4.39. The molecule has 1 atom stereocenters. The Labute approximate surface area is 103 Å². The molecule has 1 rings (SSSR count). The summed E-state index contributed by atoms with van der Waals surface area (Å²) in [5.74, 6) is 0.503. The molecule has 0 saturated carbocycles. The summed E-state index contributed by atoms with van der Waals surface area (Å²) in [7, 11) is 0. The first kappa shape index (κ1) is 13.9. The summed E-state index contributed by atoms with van der Waals surface area (Å²) in [5, 5.41) is 17.6. The maximum Gasteiger partial charge on any atom is 0.514 e. The number of benzene rings is 1. The van der Waals surface area contributed by atoms with Gasteiger partial charge in [-0.1, -0.05) is 30.3 Å². The highest BCUT2D eigenvalue weighted by Gasteiger charge is 2.17. The van der Waals surface area contributed by atoms with E-state index in [9.17, 15) is 9.59 Å². The minimum atomic E-state index is -1.59. The number of carbonyl (C=O) groups excluding carboxylic acids is 2. The zero-order chi connectivity index (χ0) is 13.4. The number of hydrogen-bond acceptors (Lipinski definition) is 6. The van der Waals surface area contributed by atoms with Crippen LogP contribution in [-0.4, -0.2) is 35.0 Å². The van der Waals surface area contributed by atoms with Gasteiger partial charge in [-0.2, -0.15) is 0 Å². The number of aliphatic hydroxyl groups excluding tert-OH is 2. The molecule has 6 nitrogen and oxygen atoms in total. The van der Waals surface area contributed by atoms with Gasteiger partial charge in [-0.3, -0.25) is 0 Å². The van der Waals surface area contributed by atoms with Gasteiger partial charge in [-0.25, -0.2) is 9.59 Å². The zero-order valence-electron chi connectivity index (χ0n) is 9.41. The van der Waals surface area contributed by atoms with Crippen molar-refractivity contribution in [2.24, 2.45) is 0 Å². The van der Waals surface area contributed by atoms with Crippen molar-refractivity contribution in [3.8, 4) is 0 Å². The quantitative estimate of drug-likeness (QED) is 0.448. The SMILES string of the molecule is O=C=C(OC(=O)OCc1ccccc1)C(O)CO. The molecule has 0 amide bonds. The Morgan fingerprint density at radius 1 is 1.33 bits per heavy atom. The van der Waals surface area contributed by atoms with Gasteiger partial charge in [0, 0.05) is 0 Å². The lowest BCUT2D eigenvalue weighted by Gasteiger charge is -2.09. The van der Waals surface area contributed by atoms with Crippen LogP contribution in [0.4, 0.5) is 4.79 Å². The monoisotopic (exact) mass is 252 g/mol. The van der Waals surface area contributed by atoms with Gasteiger partial charge >= 0.3 is 6.16 Å². The Bertz CT molecular complexity index is 435. The molecular weight excluding hydrogens is 240 g/mol. The van der Waals surface area contributed by atoms with Gasteiger partial charge in [0.2, 0.25) is 5.76 Å². The summed E-state index contributed by atoms with van der Waals surface area (Å²) in [4.78, 5) is 21.5. The normalized spacial score (nSPS) is 11.2. The minimum Gasteiger partial charge on any atom is -0.429 e. The van der Waals surface area contributed by atoms with Gasteiger partial charge < -0.3 is 19.7 Å². The molecule has 0 aliphatic carbocycles. The van der Waals surface area contributed by atoms with Crippen LogP contribution in [-0.2, 0) is 20.9 Å². The molecule has 0 aliphatic heterocycles. The van der Waals surface area contributed by atoms with Crippen LogP contribution in [0.2, 0.25) is 0 Å². The van der Waals surface area contributed by atoms with E-state index in [2.05, 4.69) is 4.74 Å². The molecule has 0 spiro atoms. The lowest BCUT2D eigenvalue weighted by molar-refractivity contribution is 0.0370. The van der Waals surface area contributed by atoms with E-state index >= 15 is 0 Å². The standard InChI is InChI=1S/C12H12O6/c13-6-10(15)11(7-14)18-12(16)17-8-9-4-2-1-3-5-9/h1-5,10,13,15H,6,8H2. The Kier molecular flexibility index (Phi) is 5.60. The van der Waals surface area contributed by atoms with Gasteiger partial charge in [-0.15, -0.1) is 0 Å². The molecule has 0 fully saturated rings. The van der Waals surface area contributed by atoms with Gasteiger partial charge in [0.15, 0.2) is 5.94 Å². The summed E-state index contributed by atoms with van der Waals surface area (Å²) in [5.41, 5.74) is 0.744. The number of ether oxygens (including phenoxy) is 2. The van der Waals surface area contributed by atoms with E-state index in [1.165, 1.54) is 5.94 Å². The summed E-state index contributed by atoms with van der Waals surface area (Å²) in [6.45, 7) is -0.780. The molecule has 96 valence electrons. The molecule has 6 heteroatoms. The van der Waals surface area contributed by atoms with Crippen LogP contribution in [0.3, 0.4) is 0 Å². The molecule has 0 aromatic heterocycles. The van der Waals surface area contributed by atoms with Crippen molar-refractivity contribution < 1.29 is 29.3 Å². The van der Waals surface area contributed by atoms with E-state index in [1.54, 1.807) is 24.3 Å². The summed E-state index contributed by atoms with van der Waals surface area (Å²) in [6.07, 6.45) is -2.74. The Morgan fingerprint density at radius 3 is 2.56 bits per heavy atom. The van der Waals surface area contributed by atoms with Crippen LogP contribution in [0.5, 0.6) is 0 Å². The minimum absolute atomic E-state index is 0.0268. The van der Waals surface area contributed by atoms with E-state index in [-0.39, 0.29) is 6.61 Å². The topological polar surface area (TPSA) is 93.1 Å². The predicted molar refractivity (Wildman–Crippen MR) is 60.0 cm³/mol. The average molecular weight is 252 g/mol. The van der Waals surface area contributed by atoms with Gasteiger partial charge in [0.1, 0.15) is 12.7 Å². The fraction of sp³-hybridized carbons (Fsp3) is 0.250. The van der Waals surface area contributed by atoms with Crippen molar-refractivity contribution in [1.82, 2.24) is 0 Å². The van der Waals surface area contributed by atoms with E-state index < -0.39 is 24.6 Å². The third-order valence-corrected chi connectivity index (χ3v) is 1.97. The van der Waals surface area contributed by atoms with Crippen molar-refractivity contribution in [3.63, 3.8) is 0 Å². The van der Waals surface area contributed by atoms with E-state index in [4.69, 9.17) is 14.9 Å². The molecule has 0 heterocycles. The number of aliphatic hydroxyl groups is 2. The Hall–Kier alpha value is -2.14. The highest BCUT2D eigenvalue weighted by molar-refractivity contribution is 5.65. The predicted octanol–water partition coefficient (Wildman–Crippen LogP) is 0.408. The number of rotatable bonds is 5. The molecule has 1 aromatic carbocycles. The summed E-state index contributed by atoms with van der Waals surface area (Å²) < 4.78 is 9.10. The highest BCUT2D eigenvalue weighted by atomic mass is 16.7. The lowest BCUT2D eigenvalue weighted by Crippen LogP contribution is -2.21. The largest absolute Gasteiger partial charge is 0.514 e. The molecule has 1 aromatic rings. The van der Waals surface area contributed by atoms with Crippen LogP contribution >= 0.6 is 0 Å². The van der Waals surface area contributed by atoms with E-state index in [0.29, 0.717) is 0 Å². The molecule has 2 N–H and O–H groups in total. The first-order valence-electron chi connectivity index (χ1n) is 5.09. The van der Waals surface area contributed by atoms with Crippen molar-refractivity contribution in [2.45, 2.75) is 12.7 Å². The van der Waals surface area contributed by atoms with Crippen LogP contribution in [0, 0.1) is 0 Å². The van der Waals surface area contributed by atoms with E-state index in [1.807, 2.05) is 6.07 Å². The second-order valence-electron chi connectivity index (χ2n) is 3.29. The lowest BCUT2D eigenvalue weighted by atomic mass is 10.2. The van der Waals surface area contributed by atoms with Crippen LogP contribution in [0.1, 0.15) is 5.56 Å². The Balaban J connectivity index is 2.45. The summed E-state index contributed by atoms with van der Waals surface area (Å²) >= 11 is 0. The smallest absolute Gasteiger partial charge is 0.429 e. The molecule has 0 bridgehead atoms. The molecule has 0 aliphatic rings. The second-order valence-corrected chi connectivity index (χ2v) is 3.29. The van der Waals surface area contributed by atoms with Crippen molar-refractivity contribution >= 4 is 12.1 Å². The second kappa shape index (κ2) is 7.24. The van der Waals surface area contributed by atoms with E-state index in [0.717, 1.165) is 5.56 Å². The van der Waals surface area contributed by atoms with Crippen molar-refractivity contribution in [3.05, 3.63) is 41.7 Å². The zero-order valence-corrected chi connectivity index (χ0v) is 9.41. The number of carbonyl (C=O) groups is 1. The maximum absolute atomic E-state index is 11.2. The maximum atomic E-state index is 11.2. The van der Waals surface area contributed by atoms with Crippen molar-refractivity contribution in [1.29, 1.82) is 0 Å². The fourth-order valence-electron chi connectivity index (χ4n) is 1.08. The highest BCUT2D eigenvalue weighted by Crippen LogP contribution is 2.05. The van der Waals surface area contributed by atoms with Gasteiger partial charge in [0.25, 0.3) is 0 Å². The van der Waals surface area contributed by atoms with Crippen LogP contribution in [0.15, 0.2) is 36.1 Å². The molecule has 0 radical (unpaired) electrons. The van der Waals surface area contributed by atoms with Crippen LogP contribution < -0.4 is 0 Å². The average Bonchev–Trinajstić information content (AvgIpc) is 2.42. The molecule has 1 unspecified atom stereocenters. The van der Waals surface area contributed by atoms with Crippen molar-refractivity contribution in [2.75, 3.05) is 6.61 Å². The molecule has 18 heavy (non-hydrogen) atoms. The number of hydrogen-bond donors (Lipinski definition) is 2. The van der Waals surface area contributed by atoms with Crippen LogP contribution in [0.25, 0.3) is 0 Å². The van der Waals surface area contributed by atoms with Gasteiger partial charge in [0.05, 0.1) is 6.61 Å². The summed E-state index contributed by atoms with van der Waals surface area (Å²) in [6, 6.07) is 8.85. The third-order valence-electron chi connectivity index (χ3n) is 1.97. The Morgan fingerprint density at radius 2 is 2.00 bits per heavy atom. The van der Waals surface area contributed by atoms with Gasteiger partial charge in [-0.05, 0) is 5.56 Å². The molecular formula is C12H12O6. The fourth-order valence-corrected chi connectivity index (χ4v) is 1.08. The first-order valence-corrected chi connectivity index (χ1v) is 5.09. The molecule has 0 saturated heterocycles.